The molecule has 4 aromatic rings. The second-order valence-corrected chi connectivity index (χ2v) is 10.3. The number of nitrogens with one attached hydrogen (secondary N) is 1. The van der Waals surface area contributed by atoms with Crippen molar-refractivity contribution in [3.63, 3.8) is 0 Å². The topological polar surface area (TPSA) is 49.0 Å². The van der Waals surface area contributed by atoms with E-state index in [4.69, 9.17) is 4.98 Å². The third-order valence-electron chi connectivity index (χ3n) is 5.21. The number of fused-ring (bicyclic) bond motifs is 3. The highest BCUT2D eigenvalue weighted by Crippen LogP contribution is 2.34. The van der Waals surface area contributed by atoms with Crippen LogP contribution in [0.15, 0.2) is 39.8 Å². The zero-order chi connectivity index (χ0) is 18.9. The number of hydrogen-bond donors (Lipinski definition) is 1. The molecule has 1 N–H and O–H groups in total. The minimum Gasteiger partial charge on any atom is -0.309 e. The highest BCUT2D eigenvalue weighted by molar-refractivity contribution is 7.18. The molecular formula is C21H21N3OS3. The van der Waals surface area contributed by atoms with E-state index in [0.717, 1.165) is 54.8 Å². The van der Waals surface area contributed by atoms with E-state index in [1.165, 1.54) is 20.2 Å². The van der Waals surface area contributed by atoms with Gasteiger partial charge >= 0.3 is 0 Å². The van der Waals surface area contributed by atoms with Crippen molar-refractivity contribution in [2.45, 2.75) is 38.8 Å². The van der Waals surface area contributed by atoms with Crippen molar-refractivity contribution < 1.29 is 0 Å². The summed E-state index contributed by atoms with van der Waals surface area (Å²) < 4.78 is 0. The zero-order valence-electron chi connectivity index (χ0n) is 15.4. The lowest BCUT2D eigenvalue weighted by atomic mass is 10.2. The van der Waals surface area contributed by atoms with Gasteiger partial charge in [-0.05, 0) is 54.1 Å². The summed E-state index contributed by atoms with van der Waals surface area (Å²) in [5, 5.41) is 5.08. The largest absolute Gasteiger partial charge is 0.309 e. The van der Waals surface area contributed by atoms with Crippen LogP contribution in [-0.4, -0.2) is 21.4 Å². The van der Waals surface area contributed by atoms with Crippen molar-refractivity contribution in [3.8, 4) is 0 Å². The van der Waals surface area contributed by atoms with Gasteiger partial charge in [0.1, 0.15) is 10.7 Å². The molecule has 0 unspecified atom stereocenters. The smallest absolute Gasteiger partial charge is 0.259 e. The molecule has 0 bridgehead atoms. The van der Waals surface area contributed by atoms with E-state index in [9.17, 15) is 4.79 Å². The summed E-state index contributed by atoms with van der Waals surface area (Å²) in [6.45, 7) is 2.49. The highest BCUT2D eigenvalue weighted by Gasteiger charge is 2.21. The molecule has 0 saturated heterocycles. The lowest BCUT2D eigenvalue weighted by molar-refractivity contribution is 0.256. The molecular weight excluding hydrogens is 406 g/mol. The second-order valence-electron chi connectivity index (χ2n) is 7.17. The summed E-state index contributed by atoms with van der Waals surface area (Å²) in [5.74, 6) is 0.778. The van der Waals surface area contributed by atoms with E-state index in [1.807, 2.05) is 0 Å². The molecule has 0 fully saturated rings. The third kappa shape index (κ3) is 3.72. The maximum atomic E-state index is 12.8. The summed E-state index contributed by atoms with van der Waals surface area (Å²) in [6.07, 6.45) is 4.29. The van der Waals surface area contributed by atoms with Crippen LogP contribution in [0.3, 0.4) is 0 Å². The molecule has 0 amide bonds. The van der Waals surface area contributed by atoms with Crippen LogP contribution in [0.25, 0.3) is 10.2 Å². The van der Waals surface area contributed by atoms with Gasteiger partial charge in [0.15, 0.2) is 0 Å². The lowest BCUT2D eigenvalue weighted by Gasteiger charge is -2.21. The number of H-pyrrole nitrogens is 1. The first-order valence-electron chi connectivity index (χ1n) is 9.57. The van der Waals surface area contributed by atoms with Gasteiger partial charge in [-0.2, -0.15) is 0 Å². The van der Waals surface area contributed by atoms with Gasteiger partial charge in [-0.15, -0.1) is 34.0 Å². The number of aromatic nitrogens is 2. The normalized spacial score (nSPS) is 13.6. The Labute approximate surface area is 175 Å². The van der Waals surface area contributed by atoms with Gasteiger partial charge in [0.05, 0.1) is 11.9 Å². The Hall–Kier alpha value is -1.80. The fourth-order valence-electron chi connectivity index (χ4n) is 3.89. The van der Waals surface area contributed by atoms with Crippen molar-refractivity contribution in [2.75, 3.05) is 6.54 Å². The zero-order valence-corrected chi connectivity index (χ0v) is 17.9. The van der Waals surface area contributed by atoms with E-state index >= 15 is 0 Å². The van der Waals surface area contributed by atoms with Gasteiger partial charge in [0.2, 0.25) is 0 Å². The molecule has 0 aromatic carbocycles. The van der Waals surface area contributed by atoms with Crippen LogP contribution in [0.2, 0.25) is 0 Å². The molecule has 0 radical (unpaired) electrons. The molecule has 4 aromatic heterocycles. The van der Waals surface area contributed by atoms with Crippen LogP contribution in [0.1, 0.15) is 32.4 Å². The summed E-state index contributed by atoms with van der Waals surface area (Å²) in [6, 6.07) is 8.56. The van der Waals surface area contributed by atoms with E-state index in [2.05, 4.69) is 44.9 Å². The second kappa shape index (κ2) is 7.91. The van der Waals surface area contributed by atoms with Gasteiger partial charge in [-0.25, -0.2) is 4.98 Å². The Morgan fingerprint density at radius 1 is 1.07 bits per heavy atom. The third-order valence-corrected chi connectivity index (χ3v) is 8.19. The molecule has 4 nitrogen and oxygen atoms in total. The predicted molar refractivity (Wildman–Crippen MR) is 119 cm³/mol. The van der Waals surface area contributed by atoms with Crippen LogP contribution in [0.4, 0.5) is 0 Å². The first kappa shape index (κ1) is 18.2. The Kier molecular flexibility index (Phi) is 5.15. The van der Waals surface area contributed by atoms with E-state index in [0.29, 0.717) is 6.54 Å². The first-order chi connectivity index (χ1) is 13.8. The standard InChI is InChI=1S/C21H21N3OS3/c25-20-19-16-6-1-7-17(16)28-21(19)23-18(22-20)13-24(12-15-5-3-11-27-15)9-8-14-4-2-10-26-14/h2-5,10-11H,1,6-9,12-13H2,(H,22,23,25). The summed E-state index contributed by atoms with van der Waals surface area (Å²) >= 11 is 5.29. The fourth-order valence-corrected chi connectivity index (χ4v) is 6.62. The van der Waals surface area contributed by atoms with Crippen molar-refractivity contribution in [2.24, 2.45) is 0 Å². The molecule has 4 heterocycles. The van der Waals surface area contributed by atoms with Gasteiger partial charge in [-0.1, -0.05) is 12.1 Å². The number of rotatable bonds is 7. The Bertz CT molecular complexity index is 1130. The SMILES string of the molecule is O=c1[nH]c(CN(CCc2cccs2)Cc2cccs2)nc2sc3c(c12)CCC3. The first-order valence-corrected chi connectivity index (χ1v) is 12.1. The van der Waals surface area contributed by atoms with Gasteiger partial charge < -0.3 is 4.98 Å². The molecule has 5 rings (SSSR count). The van der Waals surface area contributed by atoms with Gasteiger partial charge in [0, 0.05) is 27.7 Å². The van der Waals surface area contributed by atoms with Crippen LogP contribution in [0.5, 0.6) is 0 Å². The van der Waals surface area contributed by atoms with Crippen molar-refractivity contribution in [1.29, 1.82) is 0 Å². The van der Waals surface area contributed by atoms with Crippen molar-refractivity contribution >= 4 is 44.2 Å². The number of nitrogens with zero attached hydrogens (tertiary/aromatic N) is 2. The van der Waals surface area contributed by atoms with Crippen molar-refractivity contribution in [3.05, 3.63) is 71.4 Å². The fraction of sp³-hybridized carbons (Fsp3) is 0.333. The molecule has 0 spiro atoms. The van der Waals surface area contributed by atoms with E-state index < -0.39 is 0 Å². The minimum absolute atomic E-state index is 0.0359. The predicted octanol–water partition coefficient (Wildman–Crippen LogP) is 4.84. The number of aromatic amines is 1. The van der Waals surface area contributed by atoms with Gasteiger partial charge in [0.25, 0.3) is 5.56 Å². The summed E-state index contributed by atoms with van der Waals surface area (Å²) in [5.41, 5.74) is 1.28. The number of hydrogen-bond acceptors (Lipinski definition) is 6. The molecule has 28 heavy (non-hydrogen) atoms. The lowest BCUT2D eigenvalue weighted by Crippen LogP contribution is -2.27. The van der Waals surface area contributed by atoms with Crippen LogP contribution in [0, 0.1) is 0 Å². The van der Waals surface area contributed by atoms with Crippen LogP contribution in [-0.2, 0) is 32.4 Å². The Morgan fingerprint density at radius 2 is 1.89 bits per heavy atom. The van der Waals surface area contributed by atoms with E-state index in [-0.39, 0.29) is 5.56 Å². The Balaban J connectivity index is 1.40. The number of aryl methyl sites for hydroxylation is 2. The summed E-state index contributed by atoms with van der Waals surface area (Å²) in [4.78, 5) is 28.1. The number of thiophene rings is 3. The quantitative estimate of drug-likeness (QED) is 0.459. The van der Waals surface area contributed by atoms with Crippen molar-refractivity contribution in [1.82, 2.24) is 14.9 Å². The molecule has 7 heteroatoms. The van der Waals surface area contributed by atoms with Gasteiger partial charge in [-0.3, -0.25) is 9.69 Å². The average molecular weight is 428 g/mol. The van der Waals surface area contributed by atoms with Crippen LogP contribution >= 0.6 is 34.0 Å². The van der Waals surface area contributed by atoms with Crippen LogP contribution < -0.4 is 5.56 Å². The molecule has 0 atom stereocenters. The molecule has 1 aliphatic carbocycles. The molecule has 0 aliphatic heterocycles. The molecule has 144 valence electrons. The molecule has 1 aliphatic rings. The molecule has 0 saturated carbocycles. The highest BCUT2D eigenvalue weighted by atomic mass is 32.1. The summed E-state index contributed by atoms with van der Waals surface area (Å²) in [7, 11) is 0. The maximum absolute atomic E-state index is 12.8. The average Bonchev–Trinajstić information content (AvgIpc) is 3.44. The van der Waals surface area contributed by atoms with E-state index in [1.54, 1.807) is 34.0 Å². The Morgan fingerprint density at radius 3 is 2.68 bits per heavy atom. The maximum Gasteiger partial charge on any atom is 0.259 e. The minimum atomic E-state index is 0.0359. The monoisotopic (exact) mass is 427 g/mol.